The molecule has 0 aliphatic carbocycles. The third-order valence-electron chi connectivity index (χ3n) is 4.65. The fraction of sp³-hybridized carbons (Fsp3) is 0.550. The maximum atomic E-state index is 14.0. The predicted molar refractivity (Wildman–Crippen MR) is 110 cm³/mol. The van der Waals surface area contributed by atoms with E-state index in [1.54, 1.807) is 12.3 Å². The molecule has 1 atom stereocenters. The van der Waals surface area contributed by atoms with E-state index in [4.69, 9.17) is 4.99 Å². The molecule has 1 aliphatic rings. The van der Waals surface area contributed by atoms with Gasteiger partial charge in [0.05, 0.1) is 0 Å². The van der Waals surface area contributed by atoms with Gasteiger partial charge in [-0.3, -0.25) is 0 Å². The highest BCUT2D eigenvalue weighted by molar-refractivity contribution is 5.80. The highest BCUT2D eigenvalue weighted by atomic mass is 19.1. The number of imidazole rings is 1. The average molecular weight is 388 g/mol. The average Bonchev–Trinajstić information content (AvgIpc) is 3.29. The molecular formula is C20H30FN7. The minimum Gasteiger partial charge on any atom is -0.357 e. The second-order valence-electron chi connectivity index (χ2n) is 7.47. The second-order valence-corrected chi connectivity index (χ2v) is 7.47. The number of guanidine groups is 1. The van der Waals surface area contributed by atoms with Gasteiger partial charge in [0.25, 0.3) is 0 Å². The summed E-state index contributed by atoms with van der Waals surface area (Å²) in [6, 6.07) is 3.26. The predicted octanol–water partition coefficient (Wildman–Crippen LogP) is 2.41. The number of halogens is 1. The first-order valence-electron chi connectivity index (χ1n) is 9.97. The van der Waals surface area contributed by atoms with Crippen LogP contribution in [0.2, 0.25) is 0 Å². The molecule has 0 aromatic carbocycles. The van der Waals surface area contributed by atoms with Crippen molar-refractivity contribution in [1.29, 1.82) is 0 Å². The van der Waals surface area contributed by atoms with Crippen LogP contribution in [-0.4, -0.2) is 46.2 Å². The molecule has 0 saturated carbocycles. The Kier molecular flexibility index (Phi) is 6.84. The number of hydrogen-bond acceptors (Lipinski definition) is 4. The quantitative estimate of drug-likeness (QED) is 0.564. The van der Waals surface area contributed by atoms with Gasteiger partial charge in [0.15, 0.2) is 17.6 Å². The zero-order chi connectivity index (χ0) is 19.9. The van der Waals surface area contributed by atoms with Crippen molar-refractivity contribution >= 4 is 11.8 Å². The van der Waals surface area contributed by atoms with E-state index < -0.39 is 0 Å². The molecule has 2 aromatic rings. The van der Waals surface area contributed by atoms with Gasteiger partial charge in [0.1, 0.15) is 12.4 Å². The number of nitrogens with zero attached hydrogens (tertiary/aromatic N) is 5. The van der Waals surface area contributed by atoms with Crippen LogP contribution in [0.25, 0.3) is 0 Å². The second kappa shape index (κ2) is 9.52. The van der Waals surface area contributed by atoms with Crippen LogP contribution in [0.5, 0.6) is 0 Å². The Labute approximate surface area is 166 Å². The van der Waals surface area contributed by atoms with Crippen molar-refractivity contribution in [3.63, 3.8) is 0 Å². The Morgan fingerprint density at radius 3 is 2.96 bits per heavy atom. The molecule has 0 radical (unpaired) electrons. The van der Waals surface area contributed by atoms with Crippen LogP contribution in [-0.2, 0) is 13.1 Å². The largest absolute Gasteiger partial charge is 0.357 e. The topological polar surface area (TPSA) is 70.4 Å². The minimum atomic E-state index is -0.277. The first-order valence-corrected chi connectivity index (χ1v) is 9.97. The molecule has 0 bridgehead atoms. The van der Waals surface area contributed by atoms with Gasteiger partial charge in [-0.2, -0.15) is 0 Å². The highest BCUT2D eigenvalue weighted by Gasteiger charge is 2.26. The summed E-state index contributed by atoms with van der Waals surface area (Å²) in [5.74, 6) is 2.41. The van der Waals surface area contributed by atoms with E-state index in [-0.39, 0.29) is 11.9 Å². The number of pyridine rings is 1. The Morgan fingerprint density at radius 2 is 2.21 bits per heavy atom. The molecule has 2 N–H and O–H groups in total. The van der Waals surface area contributed by atoms with Gasteiger partial charge in [-0.1, -0.05) is 13.8 Å². The molecule has 2 aromatic heterocycles. The van der Waals surface area contributed by atoms with Crippen molar-refractivity contribution in [2.24, 2.45) is 10.9 Å². The van der Waals surface area contributed by atoms with Crippen molar-refractivity contribution in [1.82, 2.24) is 25.2 Å². The van der Waals surface area contributed by atoms with E-state index in [2.05, 4.69) is 39.0 Å². The molecule has 0 amide bonds. The maximum absolute atomic E-state index is 14.0. The lowest BCUT2D eigenvalue weighted by Crippen LogP contribution is -2.44. The van der Waals surface area contributed by atoms with Crippen LogP contribution < -0.4 is 15.5 Å². The van der Waals surface area contributed by atoms with E-state index in [0.717, 1.165) is 37.8 Å². The van der Waals surface area contributed by atoms with Gasteiger partial charge in [0.2, 0.25) is 0 Å². The summed E-state index contributed by atoms with van der Waals surface area (Å²) in [4.78, 5) is 15.3. The Balaban J connectivity index is 1.61. The lowest BCUT2D eigenvalue weighted by Gasteiger charge is -2.20. The molecular weight excluding hydrogens is 357 g/mol. The third kappa shape index (κ3) is 5.21. The molecule has 28 heavy (non-hydrogen) atoms. The van der Waals surface area contributed by atoms with Crippen LogP contribution in [0.15, 0.2) is 35.7 Å². The van der Waals surface area contributed by atoms with Crippen molar-refractivity contribution in [3.05, 3.63) is 42.4 Å². The van der Waals surface area contributed by atoms with E-state index in [0.29, 0.717) is 24.8 Å². The van der Waals surface area contributed by atoms with Crippen molar-refractivity contribution < 1.29 is 4.39 Å². The monoisotopic (exact) mass is 387 g/mol. The molecule has 3 heterocycles. The van der Waals surface area contributed by atoms with Crippen molar-refractivity contribution in [2.45, 2.75) is 46.3 Å². The van der Waals surface area contributed by atoms with E-state index in [1.807, 2.05) is 24.2 Å². The van der Waals surface area contributed by atoms with Gasteiger partial charge < -0.3 is 20.1 Å². The van der Waals surface area contributed by atoms with E-state index >= 15 is 0 Å². The number of anilines is 1. The molecule has 152 valence electrons. The molecule has 1 aliphatic heterocycles. The van der Waals surface area contributed by atoms with Crippen LogP contribution in [0.4, 0.5) is 10.2 Å². The van der Waals surface area contributed by atoms with Crippen molar-refractivity contribution in [2.75, 3.05) is 24.5 Å². The zero-order valence-electron chi connectivity index (χ0n) is 16.9. The lowest BCUT2D eigenvalue weighted by molar-refractivity contribution is 0.507. The molecule has 1 fully saturated rings. The molecule has 7 nitrogen and oxygen atoms in total. The first kappa shape index (κ1) is 20.1. The maximum Gasteiger partial charge on any atom is 0.191 e. The van der Waals surface area contributed by atoms with E-state index in [1.165, 1.54) is 6.07 Å². The van der Waals surface area contributed by atoms with Crippen LogP contribution >= 0.6 is 0 Å². The minimum absolute atomic E-state index is 0.189. The molecule has 0 spiro atoms. The summed E-state index contributed by atoms with van der Waals surface area (Å²) < 4.78 is 16.1. The summed E-state index contributed by atoms with van der Waals surface area (Å²) in [5.41, 5.74) is 0. The molecule has 1 saturated heterocycles. The smallest absolute Gasteiger partial charge is 0.191 e. The highest BCUT2D eigenvalue weighted by Crippen LogP contribution is 2.20. The van der Waals surface area contributed by atoms with Crippen LogP contribution in [0.3, 0.4) is 0 Å². The molecule has 3 rings (SSSR count). The number of aromatic nitrogens is 3. The Bertz CT molecular complexity index is 786. The van der Waals surface area contributed by atoms with Crippen LogP contribution in [0.1, 0.15) is 33.0 Å². The normalized spacial score (nSPS) is 17.4. The summed E-state index contributed by atoms with van der Waals surface area (Å²) in [6.45, 7) is 10.1. The summed E-state index contributed by atoms with van der Waals surface area (Å²) in [5, 5.41) is 6.76. The number of hydrogen-bond donors (Lipinski definition) is 2. The zero-order valence-corrected chi connectivity index (χ0v) is 16.9. The number of nitrogens with one attached hydrogen (secondary N) is 2. The molecule has 1 unspecified atom stereocenters. The van der Waals surface area contributed by atoms with Crippen molar-refractivity contribution in [3.8, 4) is 0 Å². The number of rotatable bonds is 7. The fourth-order valence-electron chi connectivity index (χ4n) is 3.39. The summed E-state index contributed by atoms with van der Waals surface area (Å²) in [6.07, 6.45) is 6.36. The van der Waals surface area contributed by atoms with Crippen LogP contribution in [0, 0.1) is 11.7 Å². The van der Waals surface area contributed by atoms with Gasteiger partial charge in [-0.25, -0.2) is 19.4 Å². The number of aliphatic imine (C=N–C) groups is 1. The summed E-state index contributed by atoms with van der Waals surface area (Å²) >= 11 is 0. The SMILES string of the molecule is CCNC(=NCc1nccn1CC(C)C)NC1CCN(c2ncccc2F)C1. The summed E-state index contributed by atoms with van der Waals surface area (Å²) in [7, 11) is 0. The Hall–Kier alpha value is -2.64. The lowest BCUT2D eigenvalue weighted by atomic mass is 10.2. The third-order valence-corrected chi connectivity index (χ3v) is 4.65. The van der Waals surface area contributed by atoms with Gasteiger partial charge in [-0.05, 0) is 31.4 Å². The van der Waals surface area contributed by atoms with E-state index in [9.17, 15) is 4.39 Å². The van der Waals surface area contributed by atoms with Gasteiger partial charge >= 0.3 is 0 Å². The fourth-order valence-corrected chi connectivity index (χ4v) is 3.39. The standard InChI is InChI=1S/C20H30FN7/c1-4-22-20(25-12-18-23-9-11-27(18)13-15(2)3)26-16-7-10-28(14-16)19-17(21)6-5-8-24-19/h5-6,8-9,11,15-16H,4,7,10,12-14H2,1-3H3,(H2,22,25,26). The Morgan fingerprint density at radius 1 is 1.36 bits per heavy atom. The molecule has 8 heteroatoms. The van der Waals surface area contributed by atoms with Gasteiger partial charge in [-0.15, -0.1) is 0 Å². The van der Waals surface area contributed by atoms with Gasteiger partial charge in [0, 0.05) is 50.8 Å². The first-order chi connectivity index (χ1) is 13.6.